The summed E-state index contributed by atoms with van der Waals surface area (Å²) in [6, 6.07) is 4.10. The van der Waals surface area contributed by atoms with Crippen molar-refractivity contribution in [3.05, 3.63) is 28.3 Å². The van der Waals surface area contributed by atoms with E-state index in [9.17, 15) is 0 Å². The molecule has 0 radical (unpaired) electrons. The Kier molecular flexibility index (Phi) is 3.99. The molecule has 0 aliphatic carbocycles. The quantitative estimate of drug-likeness (QED) is 0.738. The SMILES string of the molecule is Cc1cc(OCCCl)c(C)c(C)c1C#N. The van der Waals surface area contributed by atoms with E-state index in [2.05, 4.69) is 6.07 Å². The highest BCUT2D eigenvalue weighted by molar-refractivity contribution is 6.18. The predicted octanol–water partition coefficient (Wildman–Crippen LogP) is 3.10. The Morgan fingerprint density at radius 2 is 2.00 bits per heavy atom. The first-order valence-corrected chi connectivity index (χ1v) is 5.35. The first-order chi connectivity index (χ1) is 7.11. The molecule has 0 saturated carbocycles. The van der Waals surface area contributed by atoms with Gasteiger partial charge < -0.3 is 4.74 Å². The number of hydrogen-bond acceptors (Lipinski definition) is 2. The number of ether oxygens (including phenoxy) is 1. The first-order valence-electron chi connectivity index (χ1n) is 4.81. The molecule has 0 heterocycles. The van der Waals surface area contributed by atoms with Crippen LogP contribution in [0.25, 0.3) is 0 Å². The van der Waals surface area contributed by atoms with Crippen molar-refractivity contribution in [3.8, 4) is 11.8 Å². The maximum atomic E-state index is 8.98. The number of hydrogen-bond donors (Lipinski definition) is 0. The number of halogens is 1. The van der Waals surface area contributed by atoms with Gasteiger partial charge in [0.15, 0.2) is 0 Å². The van der Waals surface area contributed by atoms with Crippen LogP contribution in [0.4, 0.5) is 0 Å². The van der Waals surface area contributed by atoms with E-state index in [4.69, 9.17) is 21.6 Å². The molecule has 0 aliphatic heterocycles. The van der Waals surface area contributed by atoms with Crippen molar-refractivity contribution >= 4 is 11.6 Å². The van der Waals surface area contributed by atoms with Crippen LogP contribution in [0.1, 0.15) is 22.3 Å². The minimum Gasteiger partial charge on any atom is -0.492 e. The molecule has 0 bridgehead atoms. The van der Waals surface area contributed by atoms with E-state index in [0.717, 1.165) is 28.0 Å². The maximum Gasteiger partial charge on any atom is 0.122 e. The topological polar surface area (TPSA) is 33.0 Å². The van der Waals surface area contributed by atoms with E-state index < -0.39 is 0 Å². The molecule has 2 nitrogen and oxygen atoms in total. The van der Waals surface area contributed by atoms with E-state index in [1.54, 1.807) is 0 Å². The molecule has 3 heteroatoms. The number of rotatable bonds is 3. The molecular weight excluding hydrogens is 210 g/mol. The molecule has 0 amide bonds. The van der Waals surface area contributed by atoms with Crippen molar-refractivity contribution in [1.29, 1.82) is 5.26 Å². The molecule has 0 spiro atoms. The number of benzene rings is 1. The van der Waals surface area contributed by atoms with Crippen molar-refractivity contribution in [2.75, 3.05) is 12.5 Å². The van der Waals surface area contributed by atoms with Gasteiger partial charge in [-0.05, 0) is 43.5 Å². The van der Waals surface area contributed by atoms with Crippen molar-refractivity contribution < 1.29 is 4.74 Å². The Hall–Kier alpha value is -1.20. The summed E-state index contributed by atoms with van der Waals surface area (Å²) in [7, 11) is 0. The minimum atomic E-state index is 0.470. The summed E-state index contributed by atoms with van der Waals surface area (Å²) in [5.74, 6) is 1.29. The third-order valence-electron chi connectivity index (χ3n) is 2.50. The lowest BCUT2D eigenvalue weighted by molar-refractivity contribution is 0.340. The number of aryl methyl sites for hydroxylation is 1. The smallest absolute Gasteiger partial charge is 0.122 e. The van der Waals surface area contributed by atoms with E-state index in [1.807, 2.05) is 26.8 Å². The largest absolute Gasteiger partial charge is 0.492 e. The summed E-state index contributed by atoms with van der Waals surface area (Å²) < 4.78 is 5.51. The number of nitriles is 1. The Morgan fingerprint density at radius 1 is 1.33 bits per heavy atom. The molecule has 0 unspecified atom stereocenters. The van der Waals surface area contributed by atoms with Gasteiger partial charge >= 0.3 is 0 Å². The second kappa shape index (κ2) is 5.04. The van der Waals surface area contributed by atoms with Gasteiger partial charge in [-0.15, -0.1) is 11.6 Å². The average molecular weight is 224 g/mol. The summed E-state index contributed by atoms with van der Waals surface area (Å²) in [4.78, 5) is 0. The van der Waals surface area contributed by atoms with Gasteiger partial charge in [-0.2, -0.15) is 5.26 Å². The fourth-order valence-corrected chi connectivity index (χ4v) is 1.59. The van der Waals surface area contributed by atoms with Gasteiger partial charge in [0.2, 0.25) is 0 Å². The van der Waals surface area contributed by atoms with Crippen LogP contribution < -0.4 is 4.74 Å². The molecule has 1 aromatic rings. The third-order valence-corrected chi connectivity index (χ3v) is 2.65. The van der Waals surface area contributed by atoms with E-state index >= 15 is 0 Å². The molecule has 0 aliphatic rings. The lowest BCUT2D eigenvalue weighted by Gasteiger charge is -2.13. The van der Waals surface area contributed by atoms with E-state index in [-0.39, 0.29) is 0 Å². The zero-order valence-electron chi connectivity index (χ0n) is 9.22. The maximum absolute atomic E-state index is 8.98. The summed E-state index contributed by atoms with van der Waals surface area (Å²) in [6.45, 7) is 6.30. The van der Waals surface area contributed by atoms with Crippen LogP contribution in [-0.2, 0) is 0 Å². The van der Waals surface area contributed by atoms with Crippen LogP contribution >= 0.6 is 11.6 Å². The van der Waals surface area contributed by atoms with Gasteiger partial charge in [-0.3, -0.25) is 0 Å². The van der Waals surface area contributed by atoms with Crippen molar-refractivity contribution in [3.63, 3.8) is 0 Å². The molecule has 0 N–H and O–H groups in total. The summed E-state index contributed by atoms with van der Waals surface area (Å²) in [6.07, 6.45) is 0. The van der Waals surface area contributed by atoms with Gasteiger partial charge in [0, 0.05) is 0 Å². The molecule has 1 rings (SSSR count). The van der Waals surface area contributed by atoms with Gasteiger partial charge in [-0.25, -0.2) is 0 Å². The third kappa shape index (κ3) is 2.43. The van der Waals surface area contributed by atoms with Crippen molar-refractivity contribution in [2.24, 2.45) is 0 Å². The van der Waals surface area contributed by atoms with Crippen LogP contribution in [0.3, 0.4) is 0 Å². The summed E-state index contributed by atoms with van der Waals surface area (Å²) >= 11 is 5.56. The van der Waals surface area contributed by atoms with Crippen LogP contribution in [-0.4, -0.2) is 12.5 Å². The van der Waals surface area contributed by atoms with Crippen molar-refractivity contribution in [1.82, 2.24) is 0 Å². The van der Waals surface area contributed by atoms with Gasteiger partial charge in [0.1, 0.15) is 12.4 Å². The molecule has 15 heavy (non-hydrogen) atoms. The Bertz CT molecular complexity index is 407. The van der Waals surface area contributed by atoms with Crippen LogP contribution in [0.5, 0.6) is 5.75 Å². The summed E-state index contributed by atoms with van der Waals surface area (Å²) in [5.41, 5.74) is 3.69. The standard InChI is InChI=1S/C12H14ClNO/c1-8-6-12(15-5-4-13)10(3)9(2)11(8)7-14/h6H,4-5H2,1-3H3. The highest BCUT2D eigenvalue weighted by Gasteiger charge is 2.10. The molecule has 80 valence electrons. The molecule has 0 aromatic heterocycles. The normalized spacial score (nSPS) is 9.80. The number of alkyl halides is 1. The lowest BCUT2D eigenvalue weighted by atomic mass is 9.98. The van der Waals surface area contributed by atoms with Gasteiger partial charge in [-0.1, -0.05) is 0 Å². The highest BCUT2D eigenvalue weighted by Crippen LogP contribution is 2.27. The Balaban J connectivity index is 3.17. The molecule has 1 aromatic carbocycles. The zero-order chi connectivity index (χ0) is 11.4. The average Bonchev–Trinajstić information content (AvgIpc) is 2.22. The van der Waals surface area contributed by atoms with Gasteiger partial charge in [0.25, 0.3) is 0 Å². The Morgan fingerprint density at radius 3 is 2.53 bits per heavy atom. The van der Waals surface area contributed by atoms with Gasteiger partial charge in [0.05, 0.1) is 17.5 Å². The fourth-order valence-electron chi connectivity index (χ4n) is 1.52. The molecular formula is C12H14ClNO. The van der Waals surface area contributed by atoms with Crippen LogP contribution in [0.2, 0.25) is 0 Å². The fraction of sp³-hybridized carbons (Fsp3) is 0.417. The predicted molar refractivity (Wildman–Crippen MR) is 61.6 cm³/mol. The van der Waals surface area contributed by atoms with E-state index in [0.29, 0.717) is 12.5 Å². The Labute approximate surface area is 95.4 Å². The number of nitrogens with zero attached hydrogens (tertiary/aromatic N) is 1. The molecule has 0 saturated heterocycles. The monoisotopic (exact) mass is 223 g/mol. The molecule has 0 atom stereocenters. The van der Waals surface area contributed by atoms with Crippen LogP contribution in [0, 0.1) is 32.1 Å². The van der Waals surface area contributed by atoms with Crippen LogP contribution in [0.15, 0.2) is 6.07 Å². The lowest BCUT2D eigenvalue weighted by Crippen LogP contribution is -2.02. The minimum absolute atomic E-state index is 0.470. The summed E-state index contributed by atoms with van der Waals surface area (Å²) in [5, 5.41) is 8.98. The zero-order valence-corrected chi connectivity index (χ0v) is 9.98. The second-order valence-corrected chi connectivity index (χ2v) is 3.84. The van der Waals surface area contributed by atoms with Crippen molar-refractivity contribution in [2.45, 2.75) is 20.8 Å². The second-order valence-electron chi connectivity index (χ2n) is 3.47. The highest BCUT2D eigenvalue weighted by atomic mass is 35.5. The van der Waals surface area contributed by atoms with E-state index in [1.165, 1.54) is 0 Å². The first kappa shape index (κ1) is 11.9. The molecule has 0 fully saturated rings.